The molecule has 9 heteroatoms. The number of halogens is 1. The molecule has 0 amide bonds. The largest absolute Gasteiger partial charge is 0.307 e. The Bertz CT molecular complexity index is 688. The van der Waals surface area contributed by atoms with E-state index in [1.807, 2.05) is 17.5 Å². The van der Waals surface area contributed by atoms with Gasteiger partial charge in [-0.25, -0.2) is 19.2 Å². The Morgan fingerprint density at radius 1 is 1.55 bits per heavy atom. The number of hydrogen-bond acceptors (Lipinski definition) is 6. The molecule has 6 nitrogen and oxygen atoms in total. The second-order valence-electron chi connectivity index (χ2n) is 3.99. The van der Waals surface area contributed by atoms with Gasteiger partial charge in [0, 0.05) is 24.7 Å². The van der Waals surface area contributed by atoms with Crippen LogP contribution < -0.4 is 11.3 Å². The van der Waals surface area contributed by atoms with Crippen LogP contribution in [-0.2, 0) is 16.6 Å². The van der Waals surface area contributed by atoms with E-state index in [0.29, 0.717) is 6.54 Å². The molecular weight excluding hydrogens is 320 g/mol. The Balaban J connectivity index is 2.27. The van der Waals surface area contributed by atoms with Crippen molar-refractivity contribution in [2.75, 3.05) is 12.5 Å². The number of nitrogens with zero attached hydrogens (tertiary/aromatic N) is 2. The highest BCUT2D eigenvalue weighted by Gasteiger charge is 2.22. The first-order chi connectivity index (χ1) is 9.45. The van der Waals surface area contributed by atoms with Crippen LogP contribution in [0.1, 0.15) is 4.88 Å². The highest BCUT2D eigenvalue weighted by Crippen LogP contribution is 2.24. The fourth-order valence-corrected chi connectivity index (χ4v) is 3.80. The minimum Gasteiger partial charge on any atom is -0.307 e. The van der Waals surface area contributed by atoms with E-state index >= 15 is 0 Å². The number of hydrogen-bond donors (Lipinski definition) is 2. The summed E-state index contributed by atoms with van der Waals surface area (Å²) in [7, 11) is -2.13. The molecule has 3 N–H and O–H groups in total. The normalized spacial score (nSPS) is 11.8. The number of pyridine rings is 1. The molecule has 0 saturated heterocycles. The van der Waals surface area contributed by atoms with Crippen LogP contribution in [-0.4, -0.2) is 24.8 Å². The molecule has 0 spiro atoms. The van der Waals surface area contributed by atoms with Crippen molar-refractivity contribution in [3.8, 4) is 0 Å². The summed E-state index contributed by atoms with van der Waals surface area (Å²) < 4.78 is 26.0. The second-order valence-corrected chi connectivity index (χ2v) is 7.47. The predicted octanol–water partition coefficient (Wildman–Crippen LogP) is 1.90. The average Bonchev–Trinajstić information content (AvgIpc) is 2.91. The van der Waals surface area contributed by atoms with Crippen LogP contribution in [0.3, 0.4) is 0 Å². The minimum absolute atomic E-state index is 0.0283. The van der Waals surface area contributed by atoms with E-state index in [1.165, 1.54) is 35.0 Å². The second kappa shape index (κ2) is 6.06. The Hall–Kier alpha value is -1.19. The van der Waals surface area contributed by atoms with E-state index in [4.69, 9.17) is 17.4 Å². The Morgan fingerprint density at radius 2 is 2.30 bits per heavy atom. The van der Waals surface area contributed by atoms with Gasteiger partial charge in [-0.1, -0.05) is 17.7 Å². The van der Waals surface area contributed by atoms with E-state index in [-0.39, 0.29) is 15.7 Å². The van der Waals surface area contributed by atoms with Crippen LogP contribution in [0.4, 0.5) is 5.82 Å². The zero-order valence-electron chi connectivity index (χ0n) is 10.6. The van der Waals surface area contributed by atoms with Crippen LogP contribution in [0, 0.1) is 0 Å². The first-order valence-corrected chi connectivity index (χ1v) is 8.26. The molecule has 2 heterocycles. The number of nitrogens with two attached hydrogens (primary N) is 1. The van der Waals surface area contributed by atoms with Gasteiger partial charge in [0.05, 0.1) is 5.02 Å². The van der Waals surface area contributed by atoms with Gasteiger partial charge in [-0.2, -0.15) is 4.31 Å². The molecule has 0 fully saturated rings. The van der Waals surface area contributed by atoms with Crippen LogP contribution >= 0.6 is 22.9 Å². The summed E-state index contributed by atoms with van der Waals surface area (Å²) in [5.74, 6) is 5.43. The molecule has 0 aliphatic rings. The van der Waals surface area contributed by atoms with E-state index in [1.54, 1.807) is 0 Å². The quantitative estimate of drug-likeness (QED) is 0.645. The van der Waals surface area contributed by atoms with Crippen LogP contribution in [0.15, 0.2) is 34.7 Å². The third-order valence-electron chi connectivity index (χ3n) is 2.62. The standard InChI is InChI=1S/C11H13ClN4O2S2/c1-16(7-8-3-2-4-19-8)20(17,18)9-5-10(12)11(15-13)14-6-9/h2-6H,7,13H2,1H3,(H,14,15). The molecule has 0 aliphatic heterocycles. The SMILES string of the molecule is CN(Cc1cccs1)S(=O)(=O)c1cnc(NN)c(Cl)c1. The van der Waals surface area contributed by atoms with Gasteiger partial charge in [-0.15, -0.1) is 11.3 Å². The summed E-state index contributed by atoms with van der Waals surface area (Å²) in [6.45, 7) is 0.300. The molecule has 108 valence electrons. The van der Waals surface area contributed by atoms with E-state index in [0.717, 1.165) is 4.88 Å². The summed E-state index contributed by atoms with van der Waals surface area (Å²) >= 11 is 7.39. The number of nitrogens with one attached hydrogen (secondary N) is 1. The van der Waals surface area contributed by atoms with Gasteiger partial charge in [0.1, 0.15) is 4.90 Å². The zero-order chi connectivity index (χ0) is 14.8. The highest BCUT2D eigenvalue weighted by atomic mass is 35.5. The van der Waals surface area contributed by atoms with Crippen molar-refractivity contribution in [2.24, 2.45) is 5.84 Å². The summed E-state index contributed by atoms with van der Waals surface area (Å²) in [6.07, 6.45) is 1.22. The lowest BCUT2D eigenvalue weighted by molar-refractivity contribution is 0.469. The fourth-order valence-electron chi connectivity index (χ4n) is 1.55. The first-order valence-electron chi connectivity index (χ1n) is 5.56. The number of rotatable bonds is 5. The van der Waals surface area contributed by atoms with Crippen molar-refractivity contribution in [2.45, 2.75) is 11.4 Å². The predicted molar refractivity (Wildman–Crippen MR) is 80.0 cm³/mol. The number of nitrogen functional groups attached to an aromatic ring is 1. The van der Waals surface area contributed by atoms with Gasteiger partial charge in [-0.3, -0.25) is 0 Å². The average molecular weight is 333 g/mol. The van der Waals surface area contributed by atoms with Gasteiger partial charge < -0.3 is 5.43 Å². The molecule has 20 heavy (non-hydrogen) atoms. The van der Waals surface area contributed by atoms with E-state index in [9.17, 15) is 8.42 Å². The maximum Gasteiger partial charge on any atom is 0.244 e. The lowest BCUT2D eigenvalue weighted by Gasteiger charge is -2.16. The third-order valence-corrected chi connectivity index (χ3v) is 5.54. The molecule has 0 saturated carbocycles. The van der Waals surface area contributed by atoms with E-state index in [2.05, 4.69) is 10.4 Å². The third kappa shape index (κ3) is 3.10. The van der Waals surface area contributed by atoms with Crippen molar-refractivity contribution in [3.05, 3.63) is 39.7 Å². The minimum atomic E-state index is -3.64. The first kappa shape index (κ1) is 15.2. The van der Waals surface area contributed by atoms with Gasteiger partial charge in [0.25, 0.3) is 0 Å². The molecule has 2 aromatic rings. The van der Waals surface area contributed by atoms with Crippen LogP contribution in [0.2, 0.25) is 5.02 Å². The number of thiophene rings is 1. The molecule has 0 radical (unpaired) electrons. The van der Waals surface area contributed by atoms with Crippen molar-refractivity contribution < 1.29 is 8.42 Å². The molecule has 2 rings (SSSR count). The molecule has 2 aromatic heterocycles. The fraction of sp³-hybridized carbons (Fsp3) is 0.182. The number of sulfonamides is 1. The van der Waals surface area contributed by atoms with Gasteiger partial charge in [-0.05, 0) is 17.5 Å². The Morgan fingerprint density at radius 3 is 2.85 bits per heavy atom. The summed E-state index contributed by atoms with van der Waals surface area (Å²) in [5.41, 5.74) is 2.29. The molecule has 0 bridgehead atoms. The van der Waals surface area contributed by atoms with Crippen molar-refractivity contribution in [3.63, 3.8) is 0 Å². The maximum atomic E-state index is 12.4. The molecule has 0 atom stereocenters. The highest BCUT2D eigenvalue weighted by molar-refractivity contribution is 7.89. The van der Waals surface area contributed by atoms with Crippen molar-refractivity contribution in [1.29, 1.82) is 0 Å². The molecular formula is C11H13ClN4O2S2. The lowest BCUT2D eigenvalue weighted by atomic mass is 10.5. The summed E-state index contributed by atoms with van der Waals surface area (Å²) in [5, 5.41) is 2.05. The van der Waals surface area contributed by atoms with Crippen molar-refractivity contribution in [1.82, 2.24) is 9.29 Å². The number of anilines is 1. The Kier molecular flexibility index (Phi) is 4.61. The molecule has 0 aromatic carbocycles. The summed E-state index contributed by atoms with van der Waals surface area (Å²) in [4.78, 5) is 4.85. The topological polar surface area (TPSA) is 88.3 Å². The number of hydrazine groups is 1. The van der Waals surface area contributed by atoms with Crippen molar-refractivity contribution >= 4 is 38.8 Å². The Labute approximate surface area is 126 Å². The zero-order valence-corrected chi connectivity index (χ0v) is 13.0. The summed E-state index contributed by atoms with van der Waals surface area (Å²) in [6, 6.07) is 5.08. The molecule has 0 aliphatic carbocycles. The van der Waals surface area contributed by atoms with Crippen LogP contribution in [0.25, 0.3) is 0 Å². The van der Waals surface area contributed by atoms with Gasteiger partial charge in [0.15, 0.2) is 5.82 Å². The van der Waals surface area contributed by atoms with Crippen LogP contribution in [0.5, 0.6) is 0 Å². The monoisotopic (exact) mass is 332 g/mol. The molecule has 0 unspecified atom stereocenters. The number of aromatic nitrogens is 1. The van der Waals surface area contributed by atoms with Gasteiger partial charge in [0.2, 0.25) is 10.0 Å². The lowest BCUT2D eigenvalue weighted by Crippen LogP contribution is -2.26. The van der Waals surface area contributed by atoms with E-state index < -0.39 is 10.0 Å². The van der Waals surface area contributed by atoms with Gasteiger partial charge >= 0.3 is 0 Å². The maximum absolute atomic E-state index is 12.4. The smallest absolute Gasteiger partial charge is 0.244 e.